The highest BCUT2D eigenvalue weighted by Crippen LogP contribution is 2.22. The van der Waals surface area contributed by atoms with Crippen molar-refractivity contribution in [2.24, 2.45) is 0 Å². The van der Waals surface area contributed by atoms with E-state index in [2.05, 4.69) is 13.2 Å². The number of benzene rings is 3. The summed E-state index contributed by atoms with van der Waals surface area (Å²) in [6.45, 7) is 9.01. The molecule has 10 nitrogen and oxygen atoms in total. The molecule has 0 saturated carbocycles. The molecule has 0 bridgehead atoms. The van der Waals surface area contributed by atoms with Crippen LogP contribution in [0, 0.1) is 0 Å². The van der Waals surface area contributed by atoms with Gasteiger partial charge in [-0.15, -0.1) is 0 Å². The fourth-order valence-electron chi connectivity index (χ4n) is 6.36. The second kappa shape index (κ2) is 31.5. The van der Waals surface area contributed by atoms with Gasteiger partial charge in [0.05, 0.1) is 37.6 Å². The first-order valence-corrected chi connectivity index (χ1v) is 22.0. The van der Waals surface area contributed by atoms with Crippen molar-refractivity contribution in [2.45, 2.75) is 128 Å². The lowest BCUT2D eigenvalue weighted by atomic mass is 10.1. The van der Waals surface area contributed by atoms with Crippen LogP contribution >= 0.6 is 0 Å². The van der Waals surface area contributed by atoms with Gasteiger partial charge in [-0.1, -0.05) is 116 Å². The summed E-state index contributed by atoms with van der Waals surface area (Å²) in [5.74, 6) is 0.484. The van der Waals surface area contributed by atoms with Gasteiger partial charge in [-0.05, 0) is 98.5 Å². The summed E-state index contributed by atoms with van der Waals surface area (Å²) in [6, 6.07) is 20.1. The molecular weight excluding hydrogens is 761 g/mol. The van der Waals surface area contributed by atoms with Crippen LogP contribution in [0.15, 0.2) is 98.1 Å². The van der Waals surface area contributed by atoms with E-state index in [9.17, 15) is 19.2 Å². The topological polar surface area (TPSA) is 124 Å². The Kier molecular flexibility index (Phi) is 25.7. The van der Waals surface area contributed by atoms with E-state index in [1.807, 2.05) is 0 Å². The van der Waals surface area contributed by atoms with Crippen LogP contribution < -0.4 is 18.9 Å². The molecule has 0 heterocycles. The van der Waals surface area contributed by atoms with E-state index in [-0.39, 0.29) is 11.9 Å². The second-order valence-corrected chi connectivity index (χ2v) is 14.8. The molecule has 3 aromatic rings. The van der Waals surface area contributed by atoms with Gasteiger partial charge in [0, 0.05) is 12.2 Å². The van der Waals surface area contributed by atoms with Crippen molar-refractivity contribution in [3.8, 4) is 23.0 Å². The minimum absolute atomic E-state index is 0.311. The summed E-state index contributed by atoms with van der Waals surface area (Å²) >= 11 is 0. The van der Waals surface area contributed by atoms with Crippen LogP contribution in [0.2, 0.25) is 0 Å². The monoisotopic (exact) mass is 826 g/mol. The maximum absolute atomic E-state index is 12.8. The number of hydrogen-bond donors (Lipinski definition) is 0. The molecule has 0 amide bonds. The van der Waals surface area contributed by atoms with Gasteiger partial charge in [-0.3, -0.25) is 0 Å². The molecule has 3 rings (SSSR count). The van der Waals surface area contributed by atoms with Crippen molar-refractivity contribution >= 4 is 23.9 Å². The van der Waals surface area contributed by atoms with Gasteiger partial charge in [0.1, 0.15) is 23.0 Å². The largest absolute Gasteiger partial charge is 0.494 e. The highest BCUT2D eigenvalue weighted by Gasteiger charge is 2.13. The molecule has 0 aliphatic heterocycles. The number of carbonyl (C=O) groups is 4. The molecule has 0 unspecified atom stereocenters. The fourth-order valence-corrected chi connectivity index (χ4v) is 6.36. The lowest BCUT2D eigenvalue weighted by Gasteiger charge is -2.09. The van der Waals surface area contributed by atoms with Crippen LogP contribution in [0.5, 0.6) is 23.0 Å². The summed E-state index contributed by atoms with van der Waals surface area (Å²) in [7, 11) is 0. The summed E-state index contributed by atoms with van der Waals surface area (Å²) in [6.07, 6.45) is 25.1. The van der Waals surface area contributed by atoms with Crippen molar-refractivity contribution < 1.29 is 47.6 Å². The number of esters is 4. The molecule has 3 aromatic carbocycles. The van der Waals surface area contributed by atoms with E-state index in [1.54, 1.807) is 72.8 Å². The maximum atomic E-state index is 12.8. The first-order valence-electron chi connectivity index (χ1n) is 22.0. The third kappa shape index (κ3) is 22.7. The highest BCUT2D eigenvalue weighted by molar-refractivity contribution is 5.95. The Morgan fingerprint density at radius 3 is 0.883 bits per heavy atom. The molecule has 0 saturated heterocycles. The van der Waals surface area contributed by atoms with Gasteiger partial charge < -0.3 is 28.4 Å². The first kappa shape index (κ1) is 49.0. The van der Waals surface area contributed by atoms with Crippen LogP contribution in [-0.4, -0.2) is 50.3 Å². The van der Waals surface area contributed by atoms with Gasteiger partial charge in [-0.25, -0.2) is 19.2 Å². The molecule has 0 spiro atoms. The highest BCUT2D eigenvalue weighted by atomic mass is 16.5. The van der Waals surface area contributed by atoms with E-state index in [0.29, 0.717) is 49.1 Å². The van der Waals surface area contributed by atoms with E-state index in [0.717, 1.165) is 62.9 Å². The second-order valence-electron chi connectivity index (χ2n) is 14.8. The number of unbranched alkanes of at least 4 members (excludes halogenated alkanes) is 18. The Morgan fingerprint density at radius 2 is 0.600 bits per heavy atom. The minimum atomic E-state index is -0.531. The van der Waals surface area contributed by atoms with Crippen LogP contribution in [0.4, 0.5) is 0 Å². The number of carbonyl (C=O) groups excluding carboxylic acids is 4. The molecule has 0 aliphatic rings. The molecule has 10 heteroatoms. The van der Waals surface area contributed by atoms with E-state index in [1.165, 1.54) is 89.2 Å². The standard InChI is InChI=1S/C50H66O10/c1-3-47(51)57-39-23-19-15-11-7-5-9-13-17-21-37-55-43-29-33-45(34-30-43)59-49(53)41-25-27-42(28-26-41)50(54)60-46-35-31-44(32-36-46)56-38-22-18-14-10-6-8-12-16-20-24-40-58-48(52)4-2/h3-4,25-36H,1-2,5-24,37-40H2. The molecule has 60 heavy (non-hydrogen) atoms. The lowest BCUT2D eigenvalue weighted by Crippen LogP contribution is -2.11. The van der Waals surface area contributed by atoms with Crippen LogP contribution in [0.3, 0.4) is 0 Å². The van der Waals surface area contributed by atoms with Gasteiger partial charge in [0.15, 0.2) is 0 Å². The van der Waals surface area contributed by atoms with Crippen LogP contribution in [-0.2, 0) is 19.1 Å². The zero-order chi connectivity index (χ0) is 42.9. The van der Waals surface area contributed by atoms with E-state index >= 15 is 0 Å². The van der Waals surface area contributed by atoms with Gasteiger partial charge >= 0.3 is 23.9 Å². The van der Waals surface area contributed by atoms with Gasteiger partial charge in [0.25, 0.3) is 0 Å². The predicted octanol–water partition coefficient (Wildman–Crippen LogP) is 12.1. The van der Waals surface area contributed by atoms with Gasteiger partial charge in [-0.2, -0.15) is 0 Å². The Morgan fingerprint density at radius 1 is 0.350 bits per heavy atom. The van der Waals surface area contributed by atoms with Crippen molar-refractivity contribution in [1.82, 2.24) is 0 Å². The summed E-state index contributed by atoms with van der Waals surface area (Å²) in [4.78, 5) is 47.5. The van der Waals surface area contributed by atoms with E-state index < -0.39 is 11.9 Å². The Bertz CT molecular complexity index is 1540. The quantitative estimate of drug-likeness (QED) is 0.0249. The van der Waals surface area contributed by atoms with Crippen LogP contribution in [0.25, 0.3) is 0 Å². The molecule has 0 N–H and O–H groups in total. The Hall–Kier alpha value is -5.38. The van der Waals surface area contributed by atoms with Crippen LogP contribution in [0.1, 0.15) is 149 Å². The number of ether oxygens (including phenoxy) is 6. The zero-order valence-electron chi connectivity index (χ0n) is 35.6. The average molecular weight is 827 g/mol. The molecule has 0 atom stereocenters. The summed E-state index contributed by atoms with van der Waals surface area (Å²) in [5.41, 5.74) is 0.622. The number of rotatable bonds is 34. The third-order valence-electron chi connectivity index (χ3n) is 9.86. The SMILES string of the molecule is C=CC(=O)OCCCCCCCCCCCCOc1ccc(OC(=O)c2ccc(C(=O)Oc3ccc(OCCCCCCCCCCCCOC(=O)C=C)cc3)cc2)cc1. The lowest BCUT2D eigenvalue weighted by molar-refractivity contribution is -0.138. The molecule has 0 fully saturated rings. The van der Waals surface area contributed by atoms with Gasteiger partial charge in [0.2, 0.25) is 0 Å². The summed E-state index contributed by atoms with van der Waals surface area (Å²) in [5, 5.41) is 0. The molecule has 0 aromatic heterocycles. The van der Waals surface area contributed by atoms with Crippen molar-refractivity contribution in [3.63, 3.8) is 0 Å². The predicted molar refractivity (Wildman–Crippen MR) is 235 cm³/mol. The van der Waals surface area contributed by atoms with Crippen molar-refractivity contribution in [1.29, 1.82) is 0 Å². The number of hydrogen-bond acceptors (Lipinski definition) is 10. The van der Waals surface area contributed by atoms with Crippen molar-refractivity contribution in [2.75, 3.05) is 26.4 Å². The Labute approximate surface area is 357 Å². The zero-order valence-corrected chi connectivity index (χ0v) is 35.6. The first-order chi connectivity index (χ1) is 29.4. The summed E-state index contributed by atoms with van der Waals surface area (Å²) < 4.78 is 32.8. The smallest absolute Gasteiger partial charge is 0.343 e. The molecular formula is C50H66O10. The maximum Gasteiger partial charge on any atom is 0.343 e. The minimum Gasteiger partial charge on any atom is -0.494 e. The average Bonchev–Trinajstić information content (AvgIpc) is 3.27. The van der Waals surface area contributed by atoms with Crippen molar-refractivity contribution in [3.05, 3.63) is 109 Å². The Balaban J connectivity index is 1.19. The fraction of sp³-hybridized carbons (Fsp3) is 0.480. The van der Waals surface area contributed by atoms with E-state index in [4.69, 9.17) is 28.4 Å². The molecule has 0 aliphatic carbocycles. The third-order valence-corrected chi connectivity index (χ3v) is 9.86. The molecule has 326 valence electrons. The molecule has 0 radical (unpaired) electrons. The normalized spacial score (nSPS) is 10.7.